The summed E-state index contributed by atoms with van der Waals surface area (Å²) in [7, 11) is 0. The second kappa shape index (κ2) is 8.58. The van der Waals surface area contributed by atoms with Crippen LogP contribution in [0.3, 0.4) is 0 Å². The van der Waals surface area contributed by atoms with E-state index < -0.39 is 0 Å². The largest absolute Gasteiger partial charge is 0.307 e. The number of nitrogens with one attached hydrogen (secondary N) is 1. The van der Waals surface area contributed by atoms with Crippen LogP contribution in [-0.2, 0) is 0 Å². The fraction of sp³-hybridized carbons (Fsp3) is 0.700. The number of benzene rings is 1. The molecule has 0 spiro atoms. The molecule has 2 rings (SSSR count). The molecule has 0 heterocycles. The summed E-state index contributed by atoms with van der Waals surface area (Å²) in [4.78, 5) is 0. The van der Waals surface area contributed by atoms with Gasteiger partial charge in [0.25, 0.3) is 0 Å². The van der Waals surface area contributed by atoms with Crippen LogP contribution in [0.1, 0.15) is 77.3 Å². The molecule has 3 unspecified atom stereocenters. The van der Waals surface area contributed by atoms with Crippen LogP contribution in [0.2, 0.25) is 0 Å². The third-order valence-electron chi connectivity index (χ3n) is 4.80. The van der Waals surface area contributed by atoms with Gasteiger partial charge in [-0.05, 0) is 43.1 Å². The van der Waals surface area contributed by atoms with Crippen molar-refractivity contribution < 1.29 is 0 Å². The molecule has 1 aliphatic carbocycles. The van der Waals surface area contributed by atoms with E-state index in [4.69, 9.17) is 0 Å². The molecule has 0 bridgehead atoms. The maximum atomic E-state index is 3.98. The van der Waals surface area contributed by atoms with Crippen molar-refractivity contribution >= 4 is 0 Å². The summed E-state index contributed by atoms with van der Waals surface area (Å²) in [6.07, 6.45) is 9.49. The Hall–Kier alpha value is -0.820. The summed E-state index contributed by atoms with van der Waals surface area (Å²) in [5.74, 6) is 1.78. The minimum absolute atomic E-state index is 0.541. The molecular formula is C20H33N. The fourth-order valence-electron chi connectivity index (χ4n) is 3.93. The van der Waals surface area contributed by atoms with E-state index in [-0.39, 0.29) is 0 Å². The molecular weight excluding hydrogens is 254 g/mol. The van der Waals surface area contributed by atoms with E-state index in [2.05, 4.69) is 56.4 Å². The number of hydrogen-bond donors (Lipinski definition) is 1. The Labute approximate surface area is 131 Å². The average molecular weight is 287 g/mol. The molecule has 1 aromatic rings. The highest BCUT2D eigenvalue weighted by Crippen LogP contribution is 2.31. The van der Waals surface area contributed by atoms with Gasteiger partial charge in [0.2, 0.25) is 0 Å². The first-order chi connectivity index (χ1) is 10.2. The minimum Gasteiger partial charge on any atom is -0.307 e. The summed E-state index contributed by atoms with van der Waals surface area (Å²) < 4.78 is 0. The third-order valence-corrected chi connectivity index (χ3v) is 4.80. The van der Waals surface area contributed by atoms with E-state index >= 15 is 0 Å². The van der Waals surface area contributed by atoms with Gasteiger partial charge in [-0.3, -0.25) is 0 Å². The van der Waals surface area contributed by atoms with Crippen molar-refractivity contribution in [2.75, 3.05) is 0 Å². The molecule has 1 N–H and O–H groups in total. The lowest BCUT2D eigenvalue weighted by atomic mass is 9.80. The van der Waals surface area contributed by atoms with E-state index in [0.29, 0.717) is 6.04 Å². The van der Waals surface area contributed by atoms with Gasteiger partial charge in [-0.25, -0.2) is 0 Å². The van der Waals surface area contributed by atoms with E-state index in [1.54, 1.807) is 0 Å². The highest BCUT2D eigenvalue weighted by atomic mass is 15.0. The normalized spacial score (nSPS) is 24.2. The van der Waals surface area contributed by atoms with Crippen LogP contribution in [-0.4, -0.2) is 6.04 Å². The van der Waals surface area contributed by atoms with E-state index in [1.807, 2.05) is 0 Å². The lowest BCUT2D eigenvalue weighted by Crippen LogP contribution is -2.37. The second-order valence-corrected chi connectivity index (χ2v) is 7.28. The van der Waals surface area contributed by atoms with Crippen LogP contribution in [0.25, 0.3) is 0 Å². The first-order valence-corrected chi connectivity index (χ1v) is 9.00. The summed E-state index contributed by atoms with van der Waals surface area (Å²) in [6, 6.07) is 12.3. The second-order valence-electron chi connectivity index (χ2n) is 7.28. The van der Waals surface area contributed by atoms with Gasteiger partial charge >= 0.3 is 0 Å². The summed E-state index contributed by atoms with van der Waals surface area (Å²) >= 11 is 0. The first kappa shape index (κ1) is 16.5. The molecule has 1 nitrogen and oxygen atoms in total. The zero-order chi connectivity index (χ0) is 15.1. The van der Waals surface area contributed by atoms with Crippen LogP contribution in [0.5, 0.6) is 0 Å². The highest BCUT2D eigenvalue weighted by molar-refractivity contribution is 5.19. The smallest absolute Gasteiger partial charge is 0.0322 e. The molecule has 3 atom stereocenters. The monoisotopic (exact) mass is 287 g/mol. The quantitative estimate of drug-likeness (QED) is 0.676. The minimum atomic E-state index is 0.541. The predicted octanol–water partition coefficient (Wildman–Crippen LogP) is 5.72. The van der Waals surface area contributed by atoms with Crippen molar-refractivity contribution in [3.8, 4) is 0 Å². The zero-order valence-corrected chi connectivity index (χ0v) is 14.1. The Kier molecular flexibility index (Phi) is 6.76. The predicted molar refractivity (Wildman–Crippen MR) is 92.4 cm³/mol. The van der Waals surface area contributed by atoms with Gasteiger partial charge in [0, 0.05) is 12.1 Å². The maximum absolute atomic E-state index is 3.98. The van der Waals surface area contributed by atoms with Crippen LogP contribution in [0.15, 0.2) is 30.3 Å². The molecule has 1 heteroatoms. The Morgan fingerprint density at radius 1 is 1.14 bits per heavy atom. The van der Waals surface area contributed by atoms with E-state index in [0.717, 1.165) is 17.9 Å². The molecule has 0 radical (unpaired) electrons. The van der Waals surface area contributed by atoms with Gasteiger partial charge in [-0.2, -0.15) is 0 Å². The topological polar surface area (TPSA) is 12.0 Å². The standard InChI is InChI=1S/C20H33N/c1-4-9-20(18-11-6-5-7-12-18)21-19-13-8-10-17(15-19)14-16(2)3/h5-7,11-12,16-17,19-21H,4,8-10,13-15H2,1-3H3. The average Bonchev–Trinajstić information content (AvgIpc) is 2.47. The van der Waals surface area contributed by atoms with Crippen LogP contribution < -0.4 is 5.32 Å². The summed E-state index contributed by atoms with van der Waals surface area (Å²) in [5.41, 5.74) is 1.46. The molecule has 1 aliphatic rings. The molecule has 1 aromatic carbocycles. The van der Waals surface area contributed by atoms with Crippen LogP contribution in [0, 0.1) is 11.8 Å². The van der Waals surface area contributed by atoms with Crippen molar-refractivity contribution in [3.05, 3.63) is 35.9 Å². The van der Waals surface area contributed by atoms with Crippen molar-refractivity contribution in [2.45, 2.75) is 77.8 Å². The molecule has 0 aliphatic heterocycles. The molecule has 1 saturated carbocycles. The highest BCUT2D eigenvalue weighted by Gasteiger charge is 2.24. The van der Waals surface area contributed by atoms with Crippen LogP contribution >= 0.6 is 0 Å². The molecule has 0 saturated heterocycles. The van der Waals surface area contributed by atoms with Gasteiger partial charge in [-0.1, -0.05) is 70.4 Å². The summed E-state index contributed by atoms with van der Waals surface area (Å²) in [5, 5.41) is 3.98. The van der Waals surface area contributed by atoms with E-state index in [1.165, 1.54) is 50.5 Å². The summed E-state index contributed by atoms with van der Waals surface area (Å²) in [6.45, 7) is 7.02. The van der Waals surface area contributed by atoms with Gasteiger partial charge in [0.15, 0.2) is 0 Å². The maximum Gasteiger partial charge on any atom is 0.0322 e. The molecule has 118 valence electrons. The Bertz CT molecular complexity index is 384. The van der Waals surface area contributed by atoms with E-state index in [9.17, 15) is 0 Å². The Balaban J connectivity index is 1.93. The number of hydrogen-bond acceptors (Lipinski definition) is 1. The van der Waals surface area contributed by atoms with Crippen molar-refractivity contribution in [1.29, 1.82) is 0 Å². The molecule has 0 aromatic heterocycles. The lowest BCUT2D eigenvalue weighted by molar-refractivity contribution is 0.237. The third kappa shape index (κ3) is 5.47. The van der Waals surface area contributed by atoms with Gasteiger partial charge in [-0.15, -0.1) is 0 Å². The SMILES string of the molecule is CCCC(NC1CCCC(CC(C)C)C1)c1ccccc1. The Morgan fingerprint density at radius 3 is 2.57 bits per heavy atom. The van der Waals surface area contributed by atoms with Gasteiger partial charge < -0.3 is 5.32 Å². The van der Waals surface area contributed by atoms with Crippen molar-refractivity contribution in [1.82, 2.24) is 5.32 Å². The Morgan fingerprint density at radius 2 is 1.90 bits per heavy atom. The van der Waals surface area contributed by atoms with Crippen molar-refractivity contribution in [2.24, 2.45) is 11.8 Å². The van der Waals surface area contributed by atoms with Gasteiger partial charge in [0.1, 0.15) is 0 Å². The fourth-order valence-corrected chi connectivity index (χ4v) is 3.93. The first-order valence-electron chi connectivity index (χ1n) is 9.00. The lowest BCUT2D eigenvalue weighted by Gasteiger charge is -2.34. The zero-order valence-electron chi connectivity index (χ0n) is 14.1. The molecule has 0 amide bonds. The number of rotatable bonds is 7. The molecule has 1 fully saturated rings. The molecule has 21 heavy (non-hydrogen) atoms. The van der Waals surface area contributed by atoms with Crippen molar-refractivity contribution in [3.63, 3.8) is 0 Å². The van der Waals surface area contributed by atoms with Crippen LogP contribution in [0.4, 0.5) is 0 Å². The van der Waals surface area contributed by atoms with Gasteiger partial charge in [0.05, 0.1) is 0 Å².